The standard InChI is InChI=1S/C15H17NO3/c17-10-12-6-8-15(9-7-12)11-16(14(18)19-15)13-4-2-1-3-5-13/h1-5,10,12H,6-9,11H2. The predicted molar refractivity (Wildman–Crippen MR) is 71.0 cm³/mol. The van der Waals surface area contributed by atoms with Gasteiger partial charge in [-0.05, 0) is 37.8 Å². The first-order chi connectivity index (χ1) is 9.22. The molecule has 0 radical (unpaired) electrons. The lowest BCUT2D eigenvalue weighted by Gasteiger charge is -2.33. The molecule has 1 saturated heterocycles. The molecule has 0 aromatic heterocycles. The molecule has 1 aromatic rings. The zero-order chi connectivity index (χ0) is 13.3. The topological polar surface area (TPSA) is 46.6 Å². The Morgan fingerprint density at radius 3 is 2.53 bits per heavy atom. The minimum atomic E-state index is -0.383. The van der Waals surface area contributed by atoms with Crippen molar-refractivity contribution in [3.05, 3.63) is 30.3 Å². The van der Waals surface area contributed by atoms with E-state index in [4.69, 9.17) is 4.74 Å². The van der Waals surface area contributed by atoms with Gasteiger partial charge in [0.25, 0.3) is 0 Å². The monoisotopic (exact) mass is 259 g/mol. The number of carbonyl (C=O) groups is 2. The van der Waals surface area contributed by atoms with Gasteiger partial charge in [-0.2, -0.15) is 0 Å². The van der Waals surface area contributed by atoms with Crippen LogP contribution in [0, 0.1) is 5.92 Å². The maximum atomic E-state index is 12.0. The fraction of sp³-hybridized carbons (Fsp3) is 0.467. The summed E-state index contributed by atoms with van der Waals surface area (Å²) < 4.78 is 5.62. The van der Waals surface area contributed by atoms with Crippen LogP contribution >= 0.6 is 0 Å². The van der Waals surface area contributed by atoms with E-state index in [1.165, 1.54) is 0 Å². The number of aldehydes is 1. The maximum Gasteiger partial charge on any atom is 0.415 e. The fourth-order valence-corrected chi connectivity index (χ4v) is 2.99. The number of rotatable bonds is 2. The molecule has 1 spiro atoms. The number of para-hydroxylation sites is 1. The Bertz CT molecular complexity index is 477. The quantitative estimate of drug-likeness (QED) is 0.767. The fourth-order valence-electron chi connectivity index (χ4n) is 2.99. The number of ether oxygens (including phenoxy) is 1. The van der Waals surface area contributed by atoms with Crippen molar-refractivity contribution in [3.63, 3.8) is 0 Å². The molecule has 19 heavy (non-hydrogen) atoms. The van der Waals surface area contributed by atoms with E-state index in [9.17, 15) is 9.59 Å². The Morgan fingerprint density at radius 2 is 1.89 bits per heavy atom. The van der Waals surface area contributed by atoms with Crippen molar-refractivity contribution in [1.82, 2.24) is 0 Å². The zero-order valence-corrected chi connectivity index (χ0v) is 10.7. The van der Waals surface area contributed by atoms with Crippen LogP contribution in [0.5, 0.6) is 0 Å². The molecule has 1 aliphatic carbocycles. The Kier molecular flexibility index (Phi) is 3.01. The van der Waals surface area contributed by atoms with Crippen LogP contribution in [0.2, 0.25) is 0 Å². The number of amides is 1. The Labute approximate surface area is 112 Å². The second-order valence-electron chi connectivity index (χ2n) is 5.45. The number of benzene rings is 1. The van der Waals surface area contributed by atoms with Gasteiger partial charge >= 0.3 is 6.09 Å². The summed E-state index contributed by atoms with van der Waals surface area (Å²) in [7, 11) is 0. The zero-order valence-electron chi connectivity index (χ0n) is 10.7. The summed E-state index contributed by atoms with van der Waals surface area (Å²) in [5.41, 5.74) is 0.494. The summed E-state index contributed by atoms with van der Waals surface area (Å²) in [5.74, 6) is 0.134. The van der Waals surface area contributed by atoms with Crippen molar-refractivity contribution in [3.8, 4) is 0 Å². The summed E-state index contributed by atoms with van der Waals surface area (Å²) in [4.78, 5) is 24.5. The van der Waals surface area contributed by atoms with Gasteiger partial charge in [0, 0.05) is 11.6 Å². The van der Waals surface area contributed by atoms with Crippen molar-refractivity contribution in [1.29, 1.82) is 0 Å². The molecule has 1 saturated carbocycles. The SMILES string of the molecule is O=CC1CCC2(CC1)CN(c1ccccc1)C(=O)O2. The van der Waals surface area contributed by atoms with Gasteiger partial charge in [0.05, 0.1) is 6.54 Å². The lowest BCUT2D eigenvalue weighted by molar-refractivity contribution is -0.113. The molecule has 0 bridgehead atoms. The third-order valence-electron chi connectivity index (χ3n) is 4.17. The number of anilines is 1. The van der Waals surface area contributed by atoms with Gasteiger partial charge in [-0.25, -0.2) is 4.79 Å². The summed E-state index contributed by atoms with van der Waals surface area (Å²) in [5, 5.41) is 0. The molecule has 0 unspecified atom stereocenters. The minimum absolute atomic E-state index is 0.134. The predicted octanol–water partition coefficient (Wildman–Crippen LogP) is 2.77. The number of carbonyl (C=O) groups excluding carboxylic acids is 2. The van der Waals surface area contributed by atoms with E-state index in [1.54, 1.807) is 4.90 Å². The highest BCUT2D eigenvalue weighted by molar-refractivity contribution is 5.90. The molecule has 0 N–H and O–H groups in total. The summed E-state index contributed by atoms with van der Waals surface area (Å²) in [6.45, 7) is 0.599. The van der Waals surface area contributed by atoms with E-state index in [2.05, 4.69) is 0 Å². The van der Waals surface area contributed by atoms with Crippen molar-refractivity contribution in [2.24, 2.45) is 5.92 Å². The minimum Gasteiger partial charge on any atom is -0.441 e. The highest BCUT2D eigenvalue weighted by atomic mass is 16.6. The maximum absolute atomic E-state index is 12.0. The van der Waals surface area contributed by atoms with E-state index >= 15 is 0 Å². The normalized spacial score (nSPS) is 30.4. The van der Waals surface area contributed by atoms with Gasteiger partial charge in [-0.3, -0.25) is 4.90 Å². The first kappa shape index (κ1) is 12.2. The first-order valence-corrected chi connectivity index (χ1v) is 6.73. The molecule has 1 amide bonds. The second-order valence-corrected chi connectivity index (χ2v) is 5.45. The lowest BCUT2D eigenvalue weighted by atomic mass is 9.79. The smallest absolute Gasteiger partial charge is 0.415 e. The summed E-state index contributed by atoms with van der Waals surface area (Å²) in [6, 6.07) is 9.58. The Balaban J connectivity index is 1.75. The molecule has 4 nitrogen and oxygen atoms in total. The van der Waals surface area contributed by atoms with Crippen LogP contribution < -0.4 is 4.90 Å². The molecule has 100 valence electrons. The van der Waals surface area contributed by atoms with Gasteiger partial charge in [0.1, 0.15) is 11.9 Å². The van der Waals surface area contributed by atoms with Crippen molar-refractivity contribution in [2.75, 3.05) is 11.4 Å². The van der Waals surface area contributed by atoms with Crippen LogP contribution in [0.1, 0.15) is 25.7 Å². The molecule has 1 heterocycles. The third kappa shape index (κ3) is 2.23. The van der Waals surface area contributed by atoms with Crippen LogP contribution in [0.25, 0.3) is 0 Å². The second kappa shape index (κ2) is 4.68. The van der Waals surface area contributed by atoms with Gasteiger partial charge < -0.3 is 9.53 Å². The molecular weight excluding hydrogens is 242 g/mol. The Morgan fingerprint density at radius 1 is 1.21 bits per heavy atom. The molecule has 0 atom stereocenters. The van der Waals surface area contributed by atoms with E-state index in [-0.39, 0.29) is 17.6 Å². The van der Waals surface area contributed by atoms with E-state index in [0.29, 0.717) is 6.54 Å². The lowest BCUT2D eigenvalue weighted by Crippen LogP contribution is -2.38. The van der Waals surface area contributed by atoms with E-state index in [1.807, 2.05) is 30.3 Å². The van der Waals surface area contributed by atoms with Gasteiger partial charge in [-0.15, -0.1) is 0 Å². The molecule has 1 aliphatic heterocycles. The highest BCUT2D eigenvalue weighted by Crippen LogP contribution is 2.40. The molecule has 1 aromatic carbocycles. The molecular formula is C15H17NO3. The van der Waals surface area contributed by atoms with E-state index in [0.717, 1.165) is 37.7 Å². The first-order valence-electron chi connectivity index (χ1n) is 6.73. The van der Waals surface area contributed by atoms with Crippen LogP contribution in [0.4, 0.5) is 10.5 Å². The van der Waals surface area contributed by atoms with Gasteiger partial charge in [0.2, 0.25) is 0 Å². The van der Waals surface area contributed by atoms with E-state index < -0.39 is 0 Å². The molecule has 2 aliphatic rings. The Hall–Kier alpha value is -1.84. The van der Waals surface area contributed by atoms with Crippen LogP contribution in [-0.2, 0) is 9.53 Å². The van der Waals surface area contributed by atoms with Gasteiger partial charge in [0.15, 0.2) is 0 Å². The summed E-state index contributed by atoms with van der Waals surface area (Å²) in [6.07, 6.45) is 3.96. The van der Waals surface area contributed by atoms with Crippen molar-refractivity contribution < 1.29 is 14.3 Å². The number of hydrogen-bond donors (Lipinski definition) is 0. The van der Waals surface area contributed by atoms with Crippen molar-refractivity contribution >= 4 is 18.1 Å². The van der Waals surface area contributed by atoms with Gasteiger partial charge in [-0.1, -0.05) is 18.2 Å². The molecule has 4 heteroatoms. The molecule has 3 rings (SSSR count). The number of hydrogen-bond acceptors (Lipinski definition) is 3. The van der Waals surface area contributed by atoms with Crippen molar-refractivity contribution in [2.45, 2.75) is 31.3 Å². The number of nitrogens with zero attached hydrogens (tertiary/aromatic N) is 1. The summed E-state index contributed by atoms with van der Waals surface area (Å²) >= 11 is 0. The average molecular weight is 259 g/mol. The molecule has 2 fully saturated rings. The van der Waals surface area contributed by atoms with Crippen LogP contribution in [0.15, 0.2) is 30.3 Å². The average Bonchev–Trinajstić information content (AvgIpc) is 2.77. The largest absolute Gasteiger partial charge is 0.441 e. The van der Waals surface area contributed by atoms with Crippen LogP contribution in [0.3, 0.4) is 0 Å². The highest BCUT2D eigenvalue weighted by Gasteiger charge is 2.47. The van der Waals surface area contributed by atoms with Crippen LogP contribution in [-0.4, -0.2) is 24.5 Å². The third-order valence-corrected chi connectivity index (χ3v) is 4.17.